The summed E-state index contributed by atoms with van der Waals surface area (Å²) in [6.07, 6.45) is 0.970. The fourth-order valence-corrected chi connectivity index (χ4v) is 2.04. The minimum atomic E-state index is -0.970. The zero-order chi connectivity index (χ0) is 10.6. The third-order valence-electron chi connectivity index (χ3n) is 1.54. The van der Waals surface area contributed by atoms with Gasteiger partial charge in [0.25, 0.3) is 0 Å². The highest BCUT2D eigenvalue weighted by molar-refractivity contribution is 7.17. The molecule has 0 radical (unpaired) electrons. The van der Waals surface area contributed by atoms with Gasteiger partial charge in [0.15, 0.2) is 5.13 Å². The predicted octanol–water partition coefficient (Wildman–Crippen LogP) is 2.40. The highest BCUT2D eigenvalue weighted by Crippen LogP contribution is 2.24. The average molecular weight is 235 g/mol. The number of anilines is 1. The van der Waals surface area contributed by atoms with Gasteiger partial charge >= 0.3 is 5.97 Å². The van der Waals surface area contributed by atoms with E-state index in [0.29, 0.717) is 10.8 Å². The van der Waals surface area contributed by atoms with Crippen LogP contribution in [0, 0.1) is 0 Å². The Kier molecular flexibility index (Phi) is 4.16. The van der Waals surface area contributed by atoms with Crippen LogP contribution in [0.1, 0.15) is 28.7 Å². The fraction of sp³-hybridized carbons (Fsp3) is 0.500. The Hall–Kier alpha value is -0.810. The third kappa shape index (κ3) is 2.59. The summed E-state index contributed by atoms with van der Waals surface area (Å²) in [6, 6.07) is 0. The van der Waals surface area contributed by atoms with Crippen molar-refractivity contribution in [2.75, 3.05) is 11.9 Å². The Labute approximate surface area is 90.9 Å². The van der Waals surface area contributed by atoms with E-state index in [4.69, 9.17) is 16.7 Å². The molecular formula is C8H11ClN2O2S. The van der Waals surface area contributed by atoms with Crippen LogP contribution < -0.4 is 5.32 Å². The van der Waals surface area contributed by atoms with Crippen molar-refractivity contribution < 1.29 is 9.90 Å². The number of halogens is 1. The van der Waals surface area contributed by atoms with Gasteiger partial charge in [-0.05, 0) is 6.42 Å². The number of rotatable bonds is 5. The van der Waals surface area contributed by atoms with Crippen molar-refractivity contribution in [2.24, 2.45) is 0 Å². The quantitative estimate of drug-likeness (QED) is 0.768. The molecule has 4 nitrogen and oxygen atoms in total. The number of nitrogens with one attached hydrogen (secondary N) is 1. The highest BCUT2D eigenvalue weighted by atomic mass is 35.5. The van der Waals surface area contributed by atoms with Crippen LogP contribution >= 0.6 is 22.9 Å². The molecule has 0 atom stereocenters. The lowest BCUT2D eigenvalue weighted by molar-refractivity contribution is 0.0701. The van der Waals surface area contributed by atoms with Crippen LogP contribution in [-0.2, 0) is 5.88 Å². The van der Waals surface area contributed by atoms with E-state index in [2.05, 4.69) is 10.3 Å². The molecule has 0 saturated heterocycles. The molecule has 6 heteroatoms. The number of thiazole rings is 1. The first-order valence-corrected chi connectivity index (χ1v) is 5.57. The molecule has 0 amide bonds. The van der Waals surface area contributed by atoms with Crippen molar-refractivity contribution in [3.8, 4) is 0 Å². The molecule has 1 aromatic heterocycles. The van der Waals surface area contributed by atoms with E-state index in [1.807, 2.05) is 6.92 Å². The highest BCUT2D eigenvalue weighted by Gasteiger charge is 2.15. The normalized spacial score (nSPS) is 10.1. The molecule has 14 heavy (non-hydrogen) atoms. The number of alkyl halides is 1. The summed E-state index contributed by atoms with van der Waals surface area (Å²) in [4.78, 5) is 15.1. The van der Waals surface area contributed by atoms with Crippen LogP contribution in [0.2, 0.25) is 0 Å². The van der Waals surface area contributed by atoms with Crippen molar-refractivity contribution in [3.63, 3.8) is 0 Å². The summed E-state index contributed by atoms with van der Waals surface area (Å²) in [7, 11) is 0. The molecular weight excluding hydrogens is 224 g/mol. The minimum absolute atomic E-state index is 0.131. The van der Waals surface area contributed by atoms with Crippen molar-refractivity contribution in [2.45, 2.75) is 19.2 Å². The maximum Gasteiger partial charge on any atom is 0.347 e. The smallest absolute Gasteiger partial charge is 0.347 e. The number of aromatic nitrogens is 1. The fourth-order valence-electron chi connectivity index (χ4n) is 0.917. The summed E-state index contributed by atoms with van der Waals surface area (Å²) in [5.41, 5.74) is 0.433. The number of aromatic carboxylic acids is 1. The molecule has 0 bridgehead atoms. The third-order valence-corrected chi connectivity index (χ3v) is 2.84. The van der Waals surface area contributed by atoms with Gasteiger partial charge in [-0.2, -0.15) is 0 Å². The SMILES string of the molecule is CCCNc1nc(CCl)c(C(=O)O)s1. The van der Waals surface area contributed by atoms with Crippen LogP contribution in [0.5, 0.6) is 0 Å². The van der Waals surface area contributed by atoms with Gasteiger partial charge in [-0.1, -0.05) is 18.3 Å². The zero-order valence-corrected chi connectivity index (χ0v) is 9.28. The van der Waals surface area contributed by atoms with Crippen molar-refractivity contribution in [1.82, 2.24) is 4.98 Å². The monoisotopic (exact) mass is 234 g/mol. The van der Waals surface area contributed by atoms with Crippen LogP contribution in [0.15, 0.2) is 0 Å². The van der Waals surface area contributed by atoms with Gasteiger partial charge in [0.1, 0.15) is 4.88 Å². The largest absolute Gasteiger partial charge is 0.477 e. The zero-order valence-electron chi connectivity index (χ0n) is 7.71. The molecule has 1 rings (SSSR count). The summed E-state index contributed by atoms with van der Waals surface area (Å²) in [5, 5.41) is 12.5. The van der Waals surface area contributed by atoms with E-state index in [0.717, 1.165) is 24.3 Å². The average Bonchev–Trinajstić information content (AvgIpc) is 2.57. The van der Waals surface area contributed by atoms with Gasteiger partial charge < -0.3 is 10.4 Å². The molecule has 0 saturated carbocycles. The number of hydrogen-bond donors (Lipinski definition) is 2. The van der Waals surface area contributed by atoms with Crippen molar-refractivity contribution in [3.05, 3.63) is 10.6 Å². The minimum Gasteiger partial charge on any atom is -0.477 e. The Morgan fingerprint density at radius 1 is 1.71 bits per heavy atom. The summed E-state index contributed by atoms with van der Waals surface area (Å²) in [5.74, 6) is -0.839. The molecule has 78 valence electrons. The van der Waals surface area contributed by atoms with E-state index >= 15 is 0 Å². The van der Waals surface area contributed by atoms with Gasteiger partial charge in [-0.3, -0.25) is 0 Å². The maximum absolute atomic E-state index is 10.8. The van der Waals surface area contributed by atoms with Crippen LogP contribution in [0.4, 0.5) is 5.13 Å². The Balaban J connectivity index is 2.83. The lowest BCUT2D eigenvalue weighted by atomic mass is 10.4. The van der Waals surface area contributed by atoms with E-state index < -0.39 is 5.97 Å². The second-order valence-corrected chi connectivity index (χ2v) is 3.93. The molecule has 0 unspecified atom stereocenters. The summed E-state index contributed by atoms with van der Waals surface area (Å²) >= 11 is 6.70. The van der Waals surface area contributed by atoms with Gasteiger partial charge in [-0.25, -0.2) is 9.78 Å². The molecule has 0 fully saturated rings. The second kappa shape index (κ2) is 5.17. The number of carboxylic acids is 1. The number of hydrogen-bond acceptors (Lipinski definition) is 4. The van der Waals surface area contributed by atoms with Crippen molar-refractivity contribution in [1.29, 1.82) is 0 Å². The summed E-state index contributed by atoms with van der Waals surface area (Å²) in [6.45, 7) is 2.81. The molecule has 1 aromatic rings. The molecule has 0 aliphatic heterocycles. The Bertz CT molecular complexity index is 327. The van der Waals surface area contributed by atoms with Gasteiger partial charge in [0, 0.05) is 6.54 Å². The first-order chi connectivity index (χ1) is 6.69. The molecule has 0 aliphatic rings. The molecule has 0 spiro atoms. The molecule has 0 aliphatic carbocycles. The van der Waals surface area contributed by atoms with Crippen LogP contribution in [-0.4, -0.2) is 22.6 Å². The summed E-state index contributed by atoms with van der Waals surface area (Å²) < 4.78 is 0. The lowest BCUT2D eigenvalue weighted by Gasteiger charge is -1.96. The van der Waals surface area contributed by atoms with E-state index in [9.17, 15) is 4.79 Å². The topological polar surface area (TPSA) is 62.2 Å². The predicted molar refractivity (Wildman–Crippen MR) is 57.4 cm³/mol. The maximum atomic E-state index is 10.8. The number of carbonyl (C=O) groups is 1. The van der Waals surface area contributed by atoms with E-state index in [1.54, 1.807) is 0 Å². The Morgan fingerprint density at radius 3 is 2.86 bits per heavy atom. The molecule has 2 N–H and O–H groups in total. The van der Waals surface area contributed by atoms with Gasteiger partial charge in [0.2, 0.25) is 0 Å². The van der Waals surface area contributed by atoms with Gasteiger partial charge in [-0.15, -0.1) is 11.6 Å². The van der Waals surface area contributed by atoms with E-state index in [-0.39, 0.29) is 10.8 Å². The van der Waals surface area contributed by atoms with Gasteiger partial charge in [0.05, 0.1) is 11.6 Å². The van der Waals surface area contributed by atoms with E-state index in [1.165, 1.54) is 0 Å². The Morgan fingerprint density at radius 2 is 2.43 bits per heavy atom. The first-order valence-electron chi connectivity index (χ1n) is 4.21. The standard InChI is InChI=1S/C8H11ClN2O2S/c1-2-3-10-8-11-5(4-9)6(14-8)7(12)13/h2-4H2,1H3,(H,10,11)(H,12,13). The lowest BCUT2D eigenvalue weighted by Crippen LogP contribution is -1.98. The first kappa shape index (κ1) is 11.3. The van der Waals surface area contributed by atoms with Crippen LogP contribution in [0.25, 0.3) is 0 Å². The molecule has 1 heterocycles. The second-order valence-electron chi connectivity index (χ2n) is 2.66. The van der Waals surface area contributed by atoms with Crippen molar-refractivity contribution >= 4 is 34.0 Å². The number of nitrogens with zero attached hydrogens (tertiary/aromatic N) is 1. The van der Waals surface area contributed by atoms with Crippen LogP contribution in [0.3, 0.4) is 0 Å². The molecule has 0 aromatic carbocycles. The number of carboxylic acid groups (broad SMARTS) is 1.